The number of rotatable bonds is 2. The van der Waals surface area contributed by atoms with E-state index in [9.17, 15) is 14.7 Å². The molecule has 16 heavy (non-hydrogen) atoms. The molecular formula is C11H15NO4. The Labute approximate surface area is 93.7 Å². The fraction of sp³-hybridized carbons (Fsp3) is 0.636. The SMILES string of the molecule is CC1=CC(=O)N(CC2(O)CCOC2C)C1=O. The van der Waals surface area contributed by atoms with Gasteiger partial charge in [-0.3, -0.25) is 14.5 Å². The van der Waals surface area contributed by atoms with Crippen LogP contribution in [0.2, 0.25) is 0 Å². The first-order valence-corrected chi connectivity index (χ1v) is 5.32. The van der Waals surface area contributed by atoms with Crippen LogP contribution in [0.3, 0.4) is 0 Å². The lowest BCUT2D eigenvalue weighted by molar-refractivity contribution is -0.142. The predicted molar refractivity (Wildman–Crippen MR) is 55.5 cm³/mol. The van der Waals surface area contributed by atoms with Crippen LogP contribution in [0.1, 0.15) is 20.3 Å². The van der Waals surface area contributed by atoms with Crippen LogP contribution in [-0.2, 0) is 14.3 Å². The van der Waals surface area contributed by atoms with Crippen molar-refractivity contribution >= 4 is 11.8 Å². The van der Waals surface area contributed by atoms with Gasteiger partial charge in [-0.15, -0.1) is 0 Å². The van der Waals surface area contributed by atoms with Gasteiger partial charge in [0.1, 0.15) is 5.60 Å². The van der Waals surface area contributed by atoms with Crippen molar-refractivity contribution in [2.45, 2.75) is 32.0 Å². The lowest BCUT2D eigenvalue weighted by Gasteiger charge is -2.30. The summed E-state index contributed by atoms with van der Waals surface area (Å²) in [5.41, 5.74) is -0.691. The van der Waals surface area contributed by atoms with Gasteiger partial charge in [0.25, 0.3) is 11.8 Å². The topological polar surface area (TPSA) is 66.8 Å². The summed E-state index contributed by atoms with van der Waals surface area (Å²) in [6.07, 6.45) is 1.39. The Balaban J connectivity index is 2.12. The number of β-amino-alcohol motifs (C(OH)–C–C–N with tert-alkyl or cyclic N) is 1. The average molecular weight is 225 g/mol. The first kappa shape index (κ1) is 11.3. The van der Waals surface area contributed by atoms with E-state index in [2.05, 4.69) is 0 Å². The molecule has 88 valence electrons. The summed E-state index contributed by atoms with van der Waals surface area (Å²) in [5, 5.41) is 10.2. The van der Waals surface area contributed by atoms with Crippen LogP contribution >= 0.6 is 0 Å². The monoisotopic (exact) mass is 225 g/mol. The normalized spacial score (nSPS) is 34.8. The van der Waals surface area contributed by atoms with E-state index in [1.54, 1.807) is 13.8 Å². The summed E-state index contributed by atoms with van der Waals surface area (Å²) in [5.74, 6) is -0.674. The predicted octanol–water partition coefficient (Wildman–Crippen LogP) is -0.159. The maximum absolute atomic E-state index is 11.6. The fourth-order valence-corrected chi connectivity index (χ4v) is 2.04. The molecule has 0 radical (unpaired) electrons. The molecule has 0 saturated carbocycles. The zero-order valence-corrected chi connectivity index (χ0v) is 9.40. The number of imide groups is 1. The average Bonchev–Trinajstić information content (AvgIpc) is 2.64. The first-order valence-electron chi connectivity index (χ1n) is 5.32. The van der Waals surface area contributed by atoms with Gasteiger partial charge in [0.05, 0.1) is 12.6 Å². The molecule has 0 aromatic carbocycles. The zero-order valence-electron chi connectivity index (χ0n) is 9.40. The molecule has 5 heteroatoms. The van der Waals surface area contributed by atoms with Crippen molar-refractivity contribution < 1.29 is 19.4 Å². The largest absolute Gasteiger partial charge is 0.385 e. The van der Waals surface area contributed by atoms with Gasteiger partial charge in [-0.1, -0.05) is 0 Å². The molecule has 0 aromatic rings. The van der Waals surface area contributed by atoms with Crippen LogP contribution in [-0.4, -0.2) is 46.7 Å². The standard InChI is InChI=1S/C11H15NO4/c1-7-5-9(13)12(10(7)14)6-11(15)3-4-16-8(11)2/h5,8,15H,3-4,6H2,1-2H3. The Morgan fingerprint density at radius 2 is 2.31 bits per heavy atom. The van der Waals surface area contributed by atoms with Crippen LogP contribution in [0, 0.1) is 0 Å². The molecule has 2 atom stereocenters. The fourth-order valence-electron chi connectivity index (χ4n) is 2.04. The highest BCUT2D eigenvalue weighted by Gasteiger charge is 2.44. The lowest BCUT2D eigenvalue weighted by atomic mass is 9.96. The summed E-state index contributed by atoms with van der Waals surface area (Å²) in [4.78, 5) is 24.2. The third kappa shape index (κ3) is 1.66. The van der Waals surface area contributed by atoms with E-state index in [1.165, 1.54) is 6.08 Å². The summed E-state index contributed by atoms with van der Waals surface area (Å²) in [6, 6.07) is 0. The minimum Gasteiger partial charge on any atom is -0.385 e. The molecule has 1 fully saturated rings. The molecule has 5 nitrogen and oxygen atoms in total. The molecule has 0 aliphatic carbocycles. The van der Waals surface area contributed by atoms with Crippen LogP contribution in [0.15, 0.2) is 11.6 Å². The molecule has 1 N–H and O–H groups in total. The molecule has 2 amide bonds. The van der Waals surface area contributed by atoms with Gasteiger partial charge in [-0.2, -0.15) is 0 Å². The lowest BCUT2D eigenvalue weighted by Crippen LogP contribution is -2.49. The van der Waals surface area contributed by atoms with Gasteiger partial charge in [0, 0.05) is 24.7 Å². The maximum atomic E-state index is 11.6. The molecule has 2 unspecified atom stereocenters. The summed E-state index contributed by atoms with van der Waals surface area (Å²) >= 11 is 0. The molecule has 0 bridgehead atoms. The third-order valence-electron chi connectivity index (χ3n) is 3.28. The van der Waals surface area contributed by atoms with E-state index in [0.29, 0.717) is 18.6 Å². The van der Waals surface area contributed by atoms with Gasteiger partial charge in [0.2, 0.25) is 0 Å². The van der Waals surface area contributed by atoms with Crippen LogP contribution in [0.5, 0.6) is 0 Å². The minimum absolute atomic E-state index is 0.0136. The Kier molecular flexibility index (Phi) is 2.59. The first-order chi connectivity index (χ1) is 7.44. The van der Waals surface area contributed by atoms with Gasteiger partial charge in [-0.05, 0) is 13.8 Å². The number of ether oxygens (including phenoxy) is 1. The van der Waals surface area contributed by atoms with Gasteiger partial charge in [-0.25, -0.2) is 0 Å². The molecular weight excluding hydrogens is 210 g/mol. The second kappa shape index (κ2) is 3.68. The molecule has 2 aliphatic heterocycles. The van der Waals surface area contributed by atoms with E-state index in [4.69, 9.17) is 4.74 Å². The molecule has 2 heterocycles. The number of hydrogen-bond acceptors (Lipinski definition) is 4. The summed E-state index contributed by atoms with van der Waals surface area (Å²) < 4.78 is 5.26. The van der Waals surface area contributed by atoms with Crippen molar-refractivity contribution in [1.29, 1.82) is 0 Å². The second-order valence-corrected chi connectivity index (χ2v) is 4.42. The molecule has 1 saturated heterocycles. The van der Waals surface area contributed by atoms with E-state index < -0.39 is 5.60 Å². The van der Waals surface area contributed by atoms with Gasteiger partial charge >= 0.3 is 0 Å². The highest BCUT2D eigenvalue weighted by Crippen LogP contribution is 2.28. The van der Waals surface area contributed by atoms with Gasteiger partial charge < -0.3 is 9.84 Å². The van der Waals surface area contributed by atoms with Crippen molar-refractivity contribution in [1.82, 2.24) is 4.90 Å². The maximum Gasteiger partial charge on any atom is 0.256 e. The van der Waals surface area contributed by atoms with Crippen LogP contribution in [0.25, 0.3) is 0 Å². The molecule has 0 spiro atoms. The summed E-state index contributed by atoms with van der Waals surface area (Å²) in [6.45, 7) is 3.82. The molecule has 0 aromatic heterocycles. The van der Waals surface area contributed by atoms with E-state index in [0.717, 1.165) is 4.90 Å². The summed E-state index contributed by atoms with van der Waals surface area (Å²) in [7, 11) is 0. The third-order valence-corrected chi connectivity index (χ3v) is 3.28. The van der Waals surface area contributed by atoms with E-state index in [-0.39, 0.29) is 24.5 Å². The van der Waals surface area contributed by atoms with E-state index >= 15 is 0 Å². The highest BCUT2D eigenvalue weighted by atomic mass is 16.5. The van der Waals surface area contributed by atoms with Crippen molar-refractivity contribution in [2.24, 2.45) is 0 Å². The van der Waals surface area contributed by atoms with Crippen molar-refractivity contribution in [3.05, 3.63) is 11.6 Å². The van der Waals surface area contributed by atoms with Crippen LogP contribution < -0.4 is 0 Å². The number of aliphatic hydroxyl groups is 1. The molecule has 2 rings (SSSR count). The van der Waals surface area contributed by atoms with Crippen LogP contribution in [0.4, 0.5) is 0 Å². The second-order valence-electron chi connectivity index (χ2n) is 4.42. The zero-order chi connectivity index (χ0) is 11.9. The number of carbonyl (C=O) groups is 2. The Morgan fingerprint density at radius 1 is 1.62 bits per heavy atom. The number of hydrogen-bond donors (Lipinski definition) is 1. The Morgan fingerprint density at radius 3 is 2.75 bits per heavy atom. The minimum atomic E-state index is -1.11. The quantitative estimate of drug-likeness (QED) is 0.663. The number of amides is 2. The smallest absolute Gasteiger partial charge is 0.256 e. The van der Waals surface area contributed by atoms with E-state index in [1.807, 2.05) is 0 Å². The Bertz CT molecular complexity index is 376. The number of nitrogens with zero attached hydrogens (tertiary/aromatic N) is 1. The van der Waals surface area contributed by atoms with Crippen molar-refractivity contribution in [3.63, 3.8) is 0 Å². The Hall–Kier alpha value is -1.20. The molecule has 2 aliphatic rings. The van der Waals surface area contributed by atoms with Gasteiger partial charge in [0.15, 0.2) is 0 Å². The van der Waals surface area contributed by atoms with Crippen molar-refractivity contribution in [2.75, 3.05) is 13.2 Å². The highest BCUT2D eigenvalue weighted by molar-refractivity contribution is 6.15. The number of carbonyl (C=O) groups excluding carboxylic acids is 2. The van der Waals surface area contributed by atoms with Crippen molar-refractivity contribution in [3.8, 4) is 0 Å².